The lowest BCUT2D eigenvalue weighted by Crippen LogP contribution is -2.15. The second-order valence-corrected chi connectivity index (χ2v) is 4.53. The van der Waals surface area contributed by atoms with Gasteiger partial charge in [0.1, 0.15) is 5.75 Å². The molecule has 0 spiro atoms. The van der Waals surface area contributed by atoms with E-state index in [2.05, 4.69) is 0 Å². The summed E-state index contributed by atoms with van der Waals surface area (Å²) in [7, 11) is 1.63. The zero-order chi connectivity index (χ0) is 13.0. The lowest BCUT2D eigenvalue weighted by Gasteiger charge is -2.11. The summed E-state index contributed by atoms with van der Waals surface area (Å²) in [5.74, 6) is 0.909. The van der Waals surface area contributed by atoms with Crippen molar-refractivity contribution in [2.75, 3.05) is 7.11 Å². The van der Waals surface area contributed by atoms with Crippen molar-refractivity contribution >= 4 is 5.78 Å². The average Bonchev–Trinajstić information content (AvgIpc) is 2.82. The number of methoxy groups -OCH3 is 1. The van der Waals surface area contributed by atoms with Crippen LogP contribution in [0.3, 0.4) is 0 Å². The summed E-state index contributed by atoms with van der Waals surface area (Å²) >= 11 is 0. The molecule has 1 aromatic carbocycles. The summed E-state index contributed by atoms with van der Waals surface area (Å²) in [5.41, 5.74) is 1.71. The second-order valence-electron chi connectivity index (χ2n) is 4.53. The Labute approximate surface area is 107 Å². The Balaban J connectivity index is 1.92. The van der Waals surface area contributed by atoms with Gasteiger partial charge in [0.25, 0.3) is 0 Å². The zero-order valence-electron chi connectivity index (χ0n) is 10.6. The number of allylic oxidation sites excluding steroid dienone is 1. The highest BCUT2D eigenvalue weighted by molar-refractivity contribution is 5.98. The fourth-order valence-electron chi connectivity index (χ4n) is 2.23. The van der Waals surface area contributed by atoms with Crippen LogP contribution in [-0.2, 0) is 11.2 Å². The molecule has 18 heavy (non-hydrogen) atoms. The SMILES string of the molecule is COc1cccc(CCC(O)C2=CCCC2=O)c1. The molecular weight excluding hydrogens is 228 g/mol. The van der Waals surface area contributed by atoms with E-state index >= 15 is 0 Å². The molecule has 3 heteroatoms. The zero-order valence-corrected chi connectivity index (χ0v) is 10.6. The monoisotopic (exact) mass is 246 g/mol. The molecule has 0 bridgehead atoms. The fourth-order valence-corrected chi connectivity index (χ4v) is 2.23. The van der Waals surface area contributed by atoms with Crippen molar-refractivity contribution in [1.82, 2.24) is 0 Å². The van der Waals surface area contributed by atoms with E-state index in [-0.39, 0.29) is 5.78 Å². The van der Waals surface area contributed by atoms with Crippen LogP contribution >= 0.6 is 0 Å². The molecule has 0 saturated carbocycles. The van der Waals surface area contributed by atoms with Crippen molar-refractivity contribution in [2.45, 2.75) is 31.8 Å². The van der Waals surface area contributed by atoms with E-state index in [9.17, 15) is 9.90 Å². The van der Waals surface area contributed by atoms with Gasteiger partial charge in [-0.2, -0.15) is 0 Å². The van der Waals surface area contributed by atoms with E-state index < -0.39 is 6.10 Å². The maximum Gasteiger partial charge on any atom is 0.161 e. The first-order chi connectivity index (χ1) is 8.70. The lowest BCUT2D eigenvalue weighted by molar-refractivity contribution is -0.115. The molecule has 0 fully saturated rings. The van der Waals surface area contributed by atoms with Gasteiger partial charge in [0.05, 0.1) is 13.2 Å². The number of carbonyl (C=O) groups is 1. The number of ketones is 1. The van der Waals surface area contributed by atoms with Crippen LogP contribution in [0, 0.1) is 0 Å². The van der Waals surface area contributed by atoms with Gasteiger partial charge in [0.15, 0.2) is 5.78 Å². The molecule has 0 radical (unpaired) electrons. The summed E-state index contributed by atoms with van der Waals surface area (Å²) in [4.78, 5) is 11.5. The van der Waals surface area contributed by atoms with E-state index in [1.807, 2.05) is 30.3 Å². The van der Waals surface area contributed by atoms with Crippen molar-refractivity contribution in [3.8, 4) is 5.75 Å². The molecule has 1 N–H and O–H groups in total. The average molecular weight is 246 g/mol. The number of Topliss-reactive ketones (excluding diaryl/α,β-unsaturated/α-hetero) is 1. The third kappa shape index (κ3) is 2.99. The number of rotatable bonds is 5. The van der Waals surface area contributed by atoms with Gasteiger partial charge >= 0.3 is 0 Å². The van der Waals surface area contributed by atoms with Crippen LogP contribution in [-0.4, -0.2) is 24.1 Å². The Hall–Kier alpha value is -1.61. The minimum absolute atomic E-state index is 0.0909. The molecule has 1 aromatic rings. The van der Waals surface area contributed by atoms with E-state index in [0.29, 0.717) is 18.4 Å². The van der Waals surface area contributed by atoms with Crippen molar-refractivity contribution in [3.05, 3.63) is 41.5 Å². The van der Waals surface area contributed by atoms with Crippen LogP contribution in [0.1, 0.15) is 24.8 Å². The maximum atomic E-state index is 11.5. The molecule has 0 saturated heterocycles. The molecule has 1 unspecified atom stereocenters. The summed E-state index contributed by atoms with van der Waals surface area (Å²) in [6.45, 7) is 0. The Kier molecular flexibility index (Phi) is 4.15. The van der Waals surface area contributed by atoms with E-state index in [4.69, 9.17) is 4.74 Å². The van der Waals surface area contributed by atoms with Gasteiger partial charge < -0.3 is 9.84 Å². The highest BCUT2D eigenvalue weighted by atomic mass is 16.5. The van der Waals surface area contributed by atoms with Crippen molar-refractivity contribution in [3.63, 3.8) is 0 Å². The van der Waals surface area contributed by atoms with Crippen LogP contribution in [0.4, 0.5) is 0 Å². The third-order valence-corrected chi connectivity index (χ3v) is 3.26. The van der Waals surface area contributed by atoms with Crippen molar-refractivity contribution in [2.24, 2.45) is 0 Å². The summed E-state index contributed by atoms with van der Waals surface area (Å²) < 4.78 is 5.15. The quantitative estimate of drug-likeness (QED) is 0.867. The minimum atomic E-state index is -0.633. The molecular formula is C15H18O3. The molecule has 96 valence electrons. The topological polar surface area (TPSA) is 46.5 Å². The Morgan fingerprint density at radius 2 is 2.28 bits per heavy atom. The van der Waals surface area contributed by atoms with Crippen molar-refractivity contribution < 1.29 is 14.6 Å². The molecule has 0 aliphatic heterocycles. The van der Waals surface area contributed by atoms with Gasteiger partial charge in [0, 0.05) is 12.0 Å². The number of hydrogen-bond acceptors (Lipinski definition) is 3. The predicted molar refractivity (Wildman–Crippen MR) is 69.6 cm³/mol. The Bertz CT molecular complexity index is 463. The van der Waals surface area contributed by atoms with Crippen LogP contribution in [0.2, 0.25) is 0 Å². The molecule has 0 amide bonds. The minimum Gasteiger partial charge on any atom is -0.497 e. The van der Waals surface area contributed by atoms with Crippen LogP contribution in [0.5, 0.6) is 5.75 Å². The normalized spacial score (nSPS) is 16.6. The number of carbonyl (C=O) groups excluding carboxylic acids is 1. The highest BCUT2D eigenvalue weighted by Gasteiger charge is 2.21. The largest absolute Gasteiger partial charge is 0.497 e. The number of benzene rings is 1. The number of hydrogen-bond donors (Lipinski definition) is 1. The number of aliphatic hydroxyl groups excluding tert-OH is 1. The van der Waals surface area contributed by atoms with Crippen molar-refractivity contribution in [1.29, 1.82) is 0 Å². The number of aliphatic hydroxyl groups is 1. The summed E-state index contributed by atoms with van der Waals surface area (Å²) in [6, 6.07) is 7.78. The molecule has 3 nitrogen and oxygen atoms in total. The van der Waals surface area contributed by atoms with E-state index in [1.54, 1.807) is 7.11 Å². The predicted octanol–water partition coefficient (Wildman–Crippen LogP) is 2.28. The highest BCUT2D eigenvalue weighted by Crippen LogP contribution is 2.21. The fraction of sp³-hybridized carbons (Fsp3) is 0.400. The van der Waals surface area contributed by atoms with Crippen LogP contribution in [0.15, 0.2) is 35.9 Å². The maximum absolute atomic E-state index is 11.5. The molecule has 0 heterocycles. The smallest absolute Gasteiger partial charge is 0.161 e. The second kappa shape index (κ2) is 5.83. The Morgan fingerprint density at radius 1 is 1.44 bits per heavy atom. The van der Waals surface area contributed by atoms with Gasteiger partial charge in [-0.3, -0.25) is 4.79 Å². The molecule has 1 aliphatic rings. The molecule has 0 aromatic heterocycles. The van der Waals surface area contributed by atoms with E-state index in [1.165, 1.54) is 0 Å². The van der Waals surface area contributed by atoms with Gasteiger partial charge in [-0.15, -0.1) is 0 Å². The van der Waals surface area contributed by atoms with Gasteiger partial charge in [-0.25, -0.2) is 0 Å². The first-order valence-corrected chi connectivity index (χ1v) is 6.25. The first-order valence-electron chi connectivity index (χ1n) is 6.25. The van der Waals surface area contributed by atoms with Crippen LogP contribution < -0.4 is 4.74 Å². The van der Waals surface area contributed by atoms with E-state index in [0.717, 1.165) is 24.2 Å². The van der Waals surface area contributed by atoms with Crippen LogP contribution in [0.25, 0.3) is 0 Å². The lowest BCUT2D eigenvalue weighted by atomic mass is 10.0. The van der Waals surface area contributed by atoms with Gasteiger partial charge in [-0.1, -0.05) is 18.2 Å². The Morgan fingerprint density at radius 3 is 2.94 bits per heavy atom. The van der Waals surface area contributed by atoms with Gasteiger partial charge in [-0.05, 0) is 37.0 Å². The molecule has 1 aliphatic carbocycles. The molecule has 1 atom stereocenters. The standard InChI is InChI=1S/C15H18O3/c1-18-12-5-2-4-11(10-12)8-9-15(17)13-6-3-7-14(13)16/h2,4-6,10,15,17H,3,7-9H2,1H3. The van der Waals surface area contributed by atoms with Gasteiger partial charge in [0.2, 0.25) is 0 Å². The number of aryl methyl sites for hydroxylation is 1. The number of ether oxygens (including phenoxy) is 1. The first kappa shape index (κ1) is 12.8. The summed E-state index contributed by atoms with van der Waals surface area (Å²) in [5, 5.41) is 9.99. The summed E-state index contributed by atoms with van der Waals surface area (Å²) in [6.07, 6.45) is 3.86. The molecule has 2 rings (SSSR count). The third-order valence-electron chi connectivity index (χ3n) is 3.26.